The van der Waals surface area contributed by atoms with Crippen molar-refractivity contribution in [1.29, 1.82) is 0 Å². The van der Waals surface area contributed by atoms with Gasteiger partial charge in [0.25, 0.3) is 0 Å². The number of fused-ring (bicyclic) bond motifs is 1. The molecule has 1 amide bonds. The lowest BCUT2D eigenvalue weighted by Gasteiger charge is -2.28. The molecule has 0 aromatic carbocycles. The lowest BCUT2D eigenvalue weighted by atomic mass is 10.0. The molecule has 0 unspecified atom stereocenters. The van der Waals surface area contributed by atoms with E-state index in [0.717, 1.165) is 25.2 Å². The quantitative estimate of drug-likeness (QED) is 0.815. The highest BCUT2D eigenvalue weighted by molar-refractivity contribution is 5.77. The minimum atomic E-state index is 0.145. The molecule has 1 aliphatic rings. The first-order chi connectivity index (χ1) is 9.93. The summed E-state index contributed by atoms with van der Waals surface area (Å²) in [5.74, 6) is 0.145. The Kier molecular flexibility index (Phi) is 5.00. The Morgan fingerprint density at radius 1 is 1.43 bits per heavy atom. The first-order valence-electron chi connectivity index (χ1n) is 7.44. The Bertz CT molecular complexity index is 508. The van der Waals surface area contributed by atoms with Gasteiger partial charge in [0.15, 0.2) is 0 Å². The predicted molar refractivity (Wildman–Crippen MR) is 81.0 cm³/mol. The predicted octanol–water partition coefficient (Wildman–Crippen LogP) is 1.06. The standard InChI is InChI=1S/C15H26N4O2/c1-11(2)19-14-8-18(9-15(20)17(3)4)7-6-12(14)13(16-19)10-21-5/h11H,6-10H2,1-5H3. The SMILES string of the molecule is COCc1nn(C(C)C)c2c1CCN(CC(=O)N(C)C)C2. The van der Waals surface area contributed by atoms with Gasteiger partial charge in [-0.15, -0.1) is 0 Å². The van der Waals surface area contributed by atoms with Crippen LogP contribution in [0.2, 0.25) is 0 Å². The summed E-state index contributed by atoms with van der Waals surface area (Å²) in [6.45, 7) is 6.96. The van der Waals surface area contributed by atoms with Crippen LogP contribution >= 0.6 is 0 Å². The molecule has 2 rings (SSSR count). The Morgan fingerprint density at radius 3 is 2.71 bits per heavy atom. The molecule has 0 atom stereocenters. The maximum Gasteiger partial charge on any atom is 0.236 e. The zero-order chi connectivity index (χ0) is 15.6. The summed E-state index contributed by atoms with van der Waals surface area (Å²) >= 11 is 0. The highest BCUT2D eigenvalue weighted by atomic mass is 16.5. The van der Waals surface area contributed by atoms with Crippen LogP contribution in [-0.4, -0.2) is 59.8 Å². The van der Waals surface area contributed by atoms with Crippen molar-refractivity contribution in [2.45, 2.75) is 39.5 Å². The maximum atomic E-state index is 11.9. The number of carbonyl (C=O) groups is 1. The van der Waals surface area contributed by atoms with Crippen molar-refractivity contribution in [3.8, 4) is 0 Å². The van der Waals surface area contributed by atoms with E-state index in [9.17, 15) is 4.79 Å². The summed E-state index contributed by atoms with van der Waals surface area (Å²) in [5, 5.41) is 4.70. The van der Waals surface area contributed by atoms with Crippen molar-refractivity contribution >= 4 is 5.91 Å². The normalized spacial score (nSPS) is 15.3. The van der Waals surface area contributed by atoms with E-state index in [1.54, 1.807) is 26.1 Å². The molecule has 0 bridgehead atoms. The van der Waals surface area contributed by atoms with Gasteiger partial charge in [-0.1, -0.05) is 0 Å². The molecule has 0 spiro atoms. The van der Waals surface area contributed by atoms with E-state index in [4.69, 9.17) is 9.84 Å². The number of ether oxygens (including phenoxy) is 1. The van der Waals surface area contributed by atoms with Gasteiger partial charge >= 0.3 is 0 Å². The molecule has 0 N–H and O–H groups in total. The van der Waals surface area contributed by atoms with Crippen LogP contribution in [0.15, 0.2) is 0 Å². The van der Waals surface area contributed by atoms with Gasteiger partial charge in [-0.25, -0.2) is 0 Å². The van der Waals surface area contributed by atoms with Crippen LogP contribution in [0.3, 0.4) is 0 Å². The second kappa shape index (κ2) is 6.58. The van der Waals surface area contributed by atoms with Crippen LogP contribution < -0.4 is 0 Å². The summed E-state index contributed by atoms with van der Waals surface area (Å²) in [7, 11) is 5.30. The molecule has 1 aromatic heterocycles. The number of aromatic nitrogens is 2. The van der Waals surface area contributed by atoms with Crippen molar-refractivity contribution in [2.24, 2.45) is 0 Å². The summed E-state index contributed by atoms with van der Waals surface area (Å²) in [4.78, 5) is 15.7. The van der Waals surface area contributed by atoms with Crippen molar-refractivity contribution in [2.75, 3.05) is 34.3 Å². The molecular formula is C15H26N4O2. The molecule has 1 aromatic rings. The molecule has 21 heavy (non-hydrogen) atoms. The molecule has 6 nitrogen and oxygen atoms in total. The van der Waals surface area contributed by atoms with Crippen molar-refractivity contribution in [1.82, 2.24) is 19.6 Å². The molecule has 0 saturated carbocycles. The van der Waals surface area contributed by atoms with E-state index < -0.39 is 0 Å². The van der Waals surface area contributed by atoms with Gasteiger partial charge in [0.05, 0.1) is 24.5 Å². The average Bonchev–Trinajstić information content (AvgIpc) is 2.77. The number of hydrogen-bond acceptors (Lipinski definition) is 4. The zero-order valence-corrected chi connectivity index (χ0v) is 13.7. The third-order valence-electron chi connectivity index (χ3n) is 3.88. The van der Waals surface area contributed by atoms with Gasteiger partial charge < -0.3 is 9.64 Å². The van der Waals surface area contributed by atoms with Gasteiger partial charge in [0, 0.05) is 45.9 Å². The van der Waals surface area contributed by atoms with E-state index in [1.165, 1.54) is 11.3 Å². The van der Waals surface area contributed by atoms with Crippen LogP contribution in [0.25, 0.3) is 0 Å². The number of amides is 1. The van der Waals surface area contributed by atoms with E-state index >= 15 is 0 Å². The Morgan fingerprint density at radius 2 is 2.14 bits per heavy atom. The van der Waals surface area contributed by atoms with Crippen LogP contribution in [0.4, 0.5) is 0 Å². The van der Waals surface area contributed by atoms with Crippen LogP contribution in [0, 0.1) is 0 Å². The topological polar surface area (TPSA) is 50.6 Å². The van der Waals surface area contributed by atoms with Gasteiger partial charge in [-0.05, 0) is 20.3 Å². The largest absolute Gasteiger partial charge is 0.378 e. The average molecular weight is 294 g/mol. The number of likely N-dealkylation sites (N-methyl/N-ethyl adjacent to an activating group) is 1. The first kappa shape index (κ1) is 16.0. The minimum absolute atomic E-state index is 0.145. The molecule has 0 radical (unpaired) electrons. The molecular weight excluding hydrogens is 268 g/mol. The van der Waals surface area contributed by atoms with Crippen molar-refractivity contribution in [3.05, 3.63) is 17.0 Å². The second-order valence-electron chi connectivity index (χ2n) is 6.09. The lowest BCUT2D eigenvalue weighted by Crippen LogP contribution is -2.40. The summed E-state index contributed by atoms with van der Waals surface area (Å²) in [6.07, 6.45) is 0.932. The molecule has 0 saturated heterocycles. The second-order valence-corrected chi connectivity index (χ2v) is 6.09. The van der Waals surface area contributed by atoms with E-state index in [1.807, 2.05) is 0 Å². The first-order valence-corrected chi connectivity index (χ1v) is 7.44. The lowest BCUT2D eigenvalue weighted by molar-refractivity contribution is -0.130. The smallest absolute Gasteiger partial charge is 0.236 e. The molecule has 0 aliphatic carbocycles. The van der Waals surface area contributed by atoms with Gasteiger partial charge in [-0.2, -0.15) is 5.10 Å². The highest BCUT2D eigenvalue weighted by Gasteiger charge is 2.26. The summed E-state index contributed by atoms with van der Waals surface area (Å²) in [6, 6.07) is 0.314. The fourth-order valence-electron chi connectivity index (χ4n) is 2.72. The summed E-state index contributed by atoms with van der Waals surface area (Å²) < 4.78 is 7.34. The van der Waals surface area contributed by atoms with E-state index in [0.29, 0.717) is 19.2 Å². The maximum absolute atomic E-state index is 11.9. The number of nitrogens with zero attached hydrogens (tertiary/aromatic N) is 4. The van der Waals surface area contributed by atoms with Crippen molar-refractivity contribution in [3.63, 3.8) is 0 Å². The zero-order valence-electron chi connectivity index (χ0n) is 13.7. The Balaban J connectivity index is 2.20. The monoisotopic (exact) mass is 294 g/mol. The highest BCUT2D eigenvalue weighted by Crippen LogP contribution is 2.25. The fourth-order valence-corrected chi connectivity index (χ4v) is 2.72. The van der Waals surface area contributed by atoms with E-state index in [2.05, 4.69) is 23.4 Å². The Hall–Kier alpha value is -1.40. The molecule has 2 heterocycles. The third-order valence-corrected chi connectivity index (χ3v) is 3.88. The molecule has 0 fully saturated rings. The number of methoxy groups -OCH3 is 1. The van der Waals surface area contributed by atoms with Crippen molar-refractivity contribution < 1.29 is 9.53 Å². The number of rotatable bonds is 5. The minimum Gasteiger partial charge on any atom is -0.378 e. The van der Waals surface area contributed by atoms with Gasteiger partial charge in [0.1, 0.15) is 0 Å². The number of hydrogen-bond donors (Lipinski definition) is 0. The van der Waals surface area contributed by atoms with E-state index in [-0.39, 0.29) is 5.91 Å². The van der Waals surface area contributed by atoms with Crippen LogP contribution in [-0.2, 0) is 29.1 Å². The Labute approximate surface area is 126 Å². The van der Waals surface area contributed by atoms with Gasteiger partial charge in [-0.3, -0.25) is 14.4 Å². The van der Waals surface area contributed by atoms with Gasteiger partial charge in [0.2, 0.25) is 5.91 Å². The number of carbonyl (C=O) groups excluding carboxylic acids is 1. The molecule has 118 valence electrons. The van der Waals surface area contributed by atoms with Crippen LogP contribution in [0.1, 0.15) is 36.8 Å². The van der Waals surface area contributed by atoms with Crippen LogP contribution in [0.5, 0.6) is 0 Å². The summed E-state index contributed by atoms with van der Waals surface area (Å²) in [5.41, 5.74) is 3.58. The third kappa shape index (κ3) is 3.44. The molecule has 6 heteroatoms. The molecule has 1 aliphatic heterocycles. The fraction of sp³-hybridized carbons (Fsp3) is 0.733.